The van der Waals surface area contributed by atoms with Crippen LogP contribution in [0.15, 0.2) is 0 Å². The van der Waals surface area contributed by atoms with Gasteiger partial charge in [0.25, 0.3) is 0 Å². The van der Waals surface area contributed by atoms with E-state index in [9.17, 15) is 9.59 Å². The van der Waals surface area contributed by atoms with Crippen molar-refractivity contribution in [1.82, 2.24) is 9.80 Å². The van der Waals surface area contributed by atoms with E-state index in [1.807, 2.05) is 9.80 Å². The van der Waals surface area contributed by atoms with E-state index in [0.717, 1.165) is 38.8 Å². The van der Waals surface area contributed by atoms with Crippen LogP contribution in [0.3, 0.4) is 0 Å². The van der Waals surface area contributed by atoms with Gasteiger partial charge in [-0.05, 0) is 38.1 Å². The van der Waals surface area contributed by atoms with E-state index in [1.165, 1.54) is 0 Å². The van der Waals surface area contributed by atoms with Crippen LogP contribution in [0.1, 0.15) is 39.5 Å². The van der Waals surface area contributed by atoms with Crippen LogP contribution in [0.4, 0.5) is 0 Å². The summed E-state index contributed by atoms with van der Waals surface area (Å²) in [5, 5.41) is 9.09. The smallest absolute Gasteiger partial charge is 0.307 e. The first-order valence-corrected chi connectivity index (χ1v) is 7.72. The van der Waals surface area contributed by atoms with Crippen molar-refractivity contribution in [1.29, 1.82) is 0 Å². The van der Waals surface area contributed by atoms with Crippen molar-refractivity contribution in [2.24, 2.45) is 11.8 Å². The van der Waals surface area contributed by atoms with Crippen LogP contribution in [-0.4, -0.2) is 59.0 Å². The molecule has 0 aromatic heterocycles. The van der Waals surface area contributed by atoms with Gasteiger partial charge in [-0.1, -0.05) is 13.8 Å². The first kappa shape index (κ1) is 15.3. The second kappa shape index (κ2) is 6.57. The van der Waals surface area contributed by atoms with Gasteiger partial charge in [-0.25, -0.2) is 0 Å². The van der Waals surface area contributed by atoms with Gasteiger partial charge < -0.3 is 10.0 Å². The molecule has 1 heterocycles. The molecule has 1 amide bonds. The molecule has 0 radical (unpaired) electrons. The maximum atomic E-state index is 12.4. The van der Waals surface area contributed by atoms with Gasteiger partial charge in [-0.2, -0.15) is 0 Å². The molecule has 0 aromatic carbocycles. The lowest BCUT2D eigenvalue weighted by atomic mass is 9.98. The molecule has 5 heteroatoms. The fraction of sp³-hybridized carbons (Fsp3) is 0.867. The van der Waals surface area contributed by atoms with Crippen molar-refractivity contribution in [3.05, 3.63) is 0 Å². The number of hydrogen-bond donors (Lipinski definition) is 1. The van der Waals surface area contributed by atoms with Gasteiger partial charge in [-0.3, -0.25) is 14.5 Å². The zero-order valence-corrected chi connectivity index (χ0v) is 12.5. The van der Waals surface area contributed by atoms with Crippen LogP contribution in [0.25, 0.3) is 0 Å². The first-order valence-electron chi connectivity index (χ1n) is 7.72. The van der Waals surface area contributed by atoms with Crippen molar-refractivity contribution in [2.45, 2.75) is 45.6 Å². The molecule has 2 aliphatic rings. The molecule has 1 N–H and O–H groups in total. The maximum absolute atomic E-state index is 12.4. The summed E-state index contributed by atoms with van der Waals surface area (Å²) in [5.74, 6) is -0.390. The fourth-order valence-corrected chi connectivity index (χ4v) is 2.92. The van der Waals surface area contributed by atoms with Gasteiger partial charge in [0.05, 0.1) is 12.5 Å². The zero-order valence-electron chi connectivity index (χ0n) is 12.5. The van der Waals surface area contributed by atoms with Gasteiger partial charge in [0, 0.05) is 19.1 Å². The number of carbonyl (C=O) groups excluding carboxylic acids is 1. The monoisotopic (exact) mass is 282 g/mol. The molecule has 1 aliphatic heterocycles. The summed E-state index contributed by atoms with van der Waals surface area (Å²) in [4.78, 5) is 27.5. The standard InChI is InChI=1S/C15H26N2O3/c1-11(2)8-17(13-5-6-13)14(18)10-16-7-3-4-12(9-16)15(19)20/h11-13H,3-10H2,1-2H3,(H,19,20). The van der Waals surface area contributed by atoms with Crippen molar-refractivity contribution in [3.63, 3.8) is 0 Å². The van der Waals surface area contributed by atoms with Gasteiger partial charge in [0.1, 0.15) is 0 Å². The summed E-state index contributed by atoms with van der Waals surface area (Å²) in [6.07, 6.45) is 3.85. The minimum absolute atomic E-state index is 0.173. The number of nitrogens with zero attached hydrogens (tertiary/aromatic N) is 2. The molecule has 20 heavy (non-hydrogen) atoms. The molecular formula is C15H26N2O3. The Morgan fingerprint density at radius 1 is 1.30 bits per heavy atom. The highest BCUT2D eigenvalue weighted by molar-refractivity contribution is 5.79. The molecule has 1 unspecified atom stereocenters. The number of carbonyl (C=O) groups is 2. The minimum Gasteiger partial charge on any atom is -0.481 e. The highest BCUT2D eigenvalue weighted by atomic mass is 16.4. The molecule has 1 aliphatic carbocycles. The molecule has 1 saturated heterocycles. The second-order valence-corrected chi connectivity index (χ2v) is 6.58. The van der Waals surface area contributed by atoms with Crippen molar-refractivity contribution < 1.29 is 14.7 Å². The number of carboxylic acid groups (broad SMARTS) is 1. The number of aliphatic carboxylic acids is 1. The molecule has 0 bridgehead atoms. The predicted octanol–water partition coefficient (Wildman–Crippen LogP) is 1.43. The molecule has 5 nitrogen and oxygen atoms in total. The second-order valence-electron chi connectivity index (χ2n) is 6.58. The third-order valence-corrected chi connectivity index (χ3v) is 4.08. The lowest BCUT2D eigenvalue weighted by molar-refractivity contribution is -0.145. The minimum atomic E-state index is -0.733. The number of carboxylic acids is 1. The van der Waals surface area contributed by atoms with E-state index in [0.29, 0.717) is 25.0 Å². The average molecular weight is 282 g/mol. The van der Waals surface area contributed by atoms with Gasteiger partial charge >= 0.3 is 5.97 Å². The lowest BCUT2D eigenvalue weighted by Gasteiger charge is -2.32. The van der Waals surface area contributed by atoms with Crippen LogP contribution in [0.5, 0.6) is 0 Å². The Hall–Kier alpha value is -1.10. The van der Waals surface area contributed by atoms with E-state index in [-0.39, 0.29) is 11.8 Å². The topological polar surface area (TPSA) is 60.9 Å². The van der Waals surface area contributed by atoms with Crippen LogP contribution >= 0.6 is 0 Å². The van der Waals surface area contributed by atoms with E-state index in [1.54, 1.807) is 0 Å². The number of likely N-dealkylation sites (tertiary alicyclic amines) is 1. The maximum Gasteiger partial charge on any atom is 0.307 e. The summed E-state index contributed by atoms with van der Waals surface area (Å²) in [5.41, 5.74) is 0. The van der Waals surface area contributed by atoms with Crippen LogP contribution in [0.2, 0.25) is 0 Å². The summed E-state index contributed by atoms with van der Waals surface area (Å²) in [6.45, 7) is 6.82. The number of rotatable bonds is 6. The quantitative estimate of drug-likeness (QED) is 0.800. The Balaban J connectivity index is 1.87. The Morgan fingerprint density at radius 3 is 2.55 bits per heavy atom. The molecule has 1 atom stereocenters. The third kappa shape index (κ3) is 4.20. The van der Waals surface area contributed by atoms with Crippen molar-refractivity contribution in [3.8, 4) is 0 Å². The predicted molar refractivity (Wildman–Crippen MR) is 76.4 cm³/mol. The number of piperidine rings is 1. The van der Waals surface area contributed by atoms with Crippen LogP contribution < -0.4 is 0 Å². The molecule has 0 spiro atoms. The Labute approximate surface area is 120 Å². The molecule has 114 valence electrons. The van der Waals surface area contributed by atoms with Gasteiger partial charge in [-0.15, -0.1) is 0 Å². The average Bonchev–Trinajstić information content (AvgIpc) is 3.20. The van der Waals surface area contributed by atoms with E-state index >= 15 is 0 Å². The number of hydrogen-bond acceptors (Lipinski definition) is 3. The molecule has 1 saturated carbocycles. The summed E-state index contributed by atoms with van der Waals surface area (Å²) < 4.78 is 0. The highest BCUT2D eigenvalue weighted by Crippen LogP contribution is 2.28. The summed E-state index contributed by atoms with van der Waals surface area (Å²) in [6, 6.07) is 0.435. The molecule has 2 fully saturated rings. The largest absolute Gasteiger partial charge is 0.481 e. The van der Waals surface area contributed by atoms with E-state index in [4.69, 9.17) is 5.11 Å². The fourth-order valence-electron chi connectivity index (χ4n) is 2.92. The molecule has 2 rings (SSSR count). The van der Waals surface area contributed by atoms with E-state index < -0.39 is 5.97 Å². The summed E-state index contributed by atoms with van der Waals surface area (Å²) >= 11 is 0. The normalized spacial score (nSPS) is 23.9. The van der Waals surface area contributed by atoms with Crippen LogP contribution in [0, 0.1) is 11.8 Å². The Kier molecular flexibility index (Phi) is 5.02. The third-order valence-electron chi connectivity index (χ3n) is 4.08. The molecule has 0 aromatic rings. The van der Waals surface area contributed by atoms with Crippen molar-refractivity contribution in [2.75, 3.05) is 26.2 Å². The van der Waals surface area contributed by atoms with Crippen molar-refractivity contribution >= 4 is 11.9 Å². The van der Waals surface area contributed by atoms with Crippen LogP contribution in [-0.2, 0) is 9.59 Å². The lowest BCUT2D eigenvalue weighted by Crippen LogP contribution is -2.47. The Bertz CT molecular complexity index is 366. The first-order chi connectivity index (χ1) is 9.47. The van der Waals surface area contributed by atoms with Gasteiger partial charge in [0.15, 0.2) is 0 Å². The Morgan fingerprint density at radius 2 is 2.00 bits per heavy atom. The summed E-state index contributed by atoms with van der Waals surface area (Å²) in [7, 11) is 0. The highest BCUT2D eigenvalue weighted by Gasteiger charge is 2.34. The SMILES string of the molecule is CC(C)CN(C(=O)CN1CCCC(C(=O)O)C1)C1CC1. The number of amides is 1. The van der Waals surface area contributed by atoms with E-state index in [2.05, 4.69) is 13.8 Å². The zero-order chi connectivity index (χ0) is 14.7. The molecular weight excluding hydrogens is 256 g/mol. The van der Waals surface area contributed by atoms with Gasteiger partial charge in [0.2, 0.25) is 5.91 Å².